The molecule has 7 heteroatoms. The van der Waals surface area contributed by atoms with Gasteiger partial charge in [0.25, 0.3) is 5.91 Å². The molecular weight excluding hydrogens is 254 g/mol. The van der Waals surface area contributed by atoms with Crippen molar-refractivity contribution < 1.29 is 14.3 Å². The van der Waals surface area contributed by atoms with Gasteiger partial charge in [-0.15, -0.1) is 10.2 Å². The van der Waals surface area contributed by atoms with Crippen LogP contribution in [-0.2, 0) is 14.3 Å². The van der Waals surface area contributed by atoms with E-state index in [0.717, 1.165) is 5.01 Å². The Hall–Kier alpha value is -1.05. The molecule has 102 valence electrons. The highest BCUT2D eigenvalue weighted by Crippen LogP contribution is 2.12. The van der Waals surface area contributed by atoms with E-state index in [9.17, 15) is 4.79 Å². The topological polar surface area (TPSA) is 73.3 Å². The lowest BCUT2D eigenvalue weighted by Crippen LogP contribution is -2.20. The lowest BCUT2D eigenvalue weighted by atomic mass is 10.2. The summed E-state index contributed by atoms with van der Waals surface area (Å²) < 4.78 is 10.5. The van der Waals surface area contributed by atoms with E-state index in [1.807, 2.05) is 6.92 Å². The molecular formula is C11H19N3O3S. The van der Waals surface area contributed by atoms with Crippen LogP contribution in [0.15, 0.2) is 0 Å². The molecule has 1 amide bonds. The molecule has 0 bridgehead atoms. The second kappa shape index (κ2) is 8.12. The highest BCUT2D eigenvalue weighted by atomic mass is 32.1. The van der Waals surface area contributed by atoms with Gasteiger partial charge in [-0.2, -0.15) is 0 Å². The van der Waals surface area contributed by atoms with E-state index < -0.39 is 0 Å². The third kappa shape index (κ3) is 6.63. The first kappa shape index (κ1) is 15.0. The maximum Gasteiger partial charge on any atom is 0.252 e. The number of hydrogen-bond donors (Lipinski definition) is 1. The number of aryl methyl sites for hydroxylation is 1. The van der Waals surface area contributed by atoms with Gasteiger partial charge in [0.2, 0.25) is 5.13 Å². The van der Waals surface area contributed by atoms with Crippen LogP contribution in [0.3, 0.4) is 0 Å². The number of nitrogens with zero attached hydrogens (tertiary/aromatic N) is 2. The van der Waals surface area contributed by atoms with Crippen LogP contribution in [0.2, 0.25) is 0 Å². The third-order valence-corrected chi connectivity index (χ3v) is 2.58. The van der Waals surface area contributed by atoms with E-state index in [4.69, 9.17) is 9.47 Å². The van der Waals surface area contributed by atoms with E-state index in [0.29, 0.717) is 30.9 Å². The van der Waals surface area contributed by atoms with Crippen LogP contribution in [0.4, 0.5) is 5.13 Å². The summed E-state index contributed by atoms with van der Waals surface area (Å²) in [5.41, 5.74) is 0. The summed E-state index contributed by atoms with van der Waals surface area (Å²) in [5, 5.41) is 11.5. The Morgan fingerprint density at radius 3 is 2.67 bits per heavy atom. The summed E-state index contributed by atoms with van der Waals surface area (Å²) in [6.45, 7) is 7.62. The van der Waals surface area contributed by atoms with Gasteiger partial charge in [0.05, 0.1) is 13.2 Å². The molecule has 1 rings (SSSR count). The van der Waals surface area contributed by atoms with Gasteiger partial charge in [-0.3, -0.25) is 10.1 Å². The zero-order valence-corrected chi connectivity index (χ0v) is 11.7. The van der Waals surface area contributed by atoms with Crippen molar-refractivity contribution in [3.63, 3.8) is 0 Å². The van der Waals surface area contributed by atoms with Gasteiger partial charge in [-0.05, 0) is 12.8 Å². The fourth-order valence-corrected chi connectivity index (χ4v) is 1.71. The maximum atomic E-state index is 11.4. The Morgan fingerprint density at radius 1 is 1.33 bits per heavy atom. The number of carbonyl (C=O) groups excluding carboxylic acids is 1. The van der Waals surface area contributed by atoms with E-state index in [1.165, 1.54) is 11.3 Å². The van der Waals surface area contributed by atoms with Gasteiger partial charge >= 0.3 is 0 Å². The number of hydrogen-bond acceptors (Lipinski definition) is 6. The minimum Gasteiger partial charge on any atom is -0.379 e. The van der Waals surface area contributed by atoms with Crippen molar-refractivity contribution in [3.05, 3.63) is 5.01 Å². The highest BCUT2D eigenvalue weighted by molar-refractivity contribution is 7.15. The smallest absolute Gasteiger partial charge is 0.252 e. The summed E-state index contributed by atoms with van der Waals surface area (Å²) in [6, 6.07) is 0. The fourth-order valence-electron chi connectivity index (χ4n) is 1.10. The summed E-state index contributed by atoms with van der Waals surface area (Å²) in [5.74, 6) is 0.281. The Kier molecular flexibility index (Phi) is 6.77. The molecule has 0 unspecified atom stereocenters. The van der Waals surface area contributed by atoms with Crippen molar-refractivity contribution in [2.45, 2.75) is 20.8 Å². The Morgan fingerprint density at radius 2 is 2.06 bits per heavy atom. The van der Waals surface area contributed by atoms with Gasteiger partial charge < -0.3 is 9.47 Å². The molecule has 0 saturated carbocycles. The first-order valence-electron chi connectivity index (χ1n) is 5.83. The maximum absolute atomic E-state index is 11.4. The number of nitrogens with one attached hydrogen (secondary N) is 1. The molecule has 1 aromatic rings. The SMILES string of the molecule is Cc1nnc(NC(=O)COCCOCC(C)C)s1. The van der Waals surface area contributed by atoms with Crippen LogP contribution in [-0.4, -0.2) is 42.5 Å². The summed E-state index contributed by atoms with van der Waals surface area (Å²) in [6.07, 6.45) is 0. The molecule has 18 heavy (non-hydrogen) atoms. The molecule has 0 aliphatic rings. The van der Waals surface area contributed by atoms with Crippen molar-refractivity contribution in [1.82, 2.24) is 10.2 Å². The number of amides is 1. The first-order chi connectivity index (χ1) is 8.58. The van der Waals surface area contributed by atoms with E-state index >= 15 is 0 Å². The van der Waals surface area contributed by atoms with Gasteiger partial charge in [-0.25, -0.2) is 0 Å². The third-order valence-electron chi connectivity index (χ3n) is 1.83. The average Bonchev–Trinajstić information content (AvgIpc) is 2.68. The quantitative estimate of drug-likeness (QED) is 0.726. The monoisotopic (exact) mass is 273 g/mol. The number of carbonyl (C=O) groups is 1. The van der Waals surface area contributed by atoms with Crippen LogP contribution in [0.25, 0.3) is 0 Å². The summed E-state index contributed by atoms with van der Waals surface area (Å²) in [4.78, 5) is 11.4. The van der Waals surface area contributed by atoms with Gasteiger partial charge in [0, 0.05) is 6.61 Å². The van der Waals surface area contributed by atoms with Crippen LogP contribution in [0, 0.1) is 12.8 Å². The zero-order chi connectivity index (χ0) is 13.4. The zero-order valence-electron chi connectivity index (χ0n) is 10.9. The standard InChI is InChI=1S/C11H19N3O3S/c1-8(2)6-16-4-5-17-7-10(15)12-11-14-13-9(3)18-11/h8H,4-7H2,1-3H3,(H,12,14,15). The molecule has 1 heterocycles. The minimum atomic E-state index is -0.227. The molecule has 1 aromatic heterocycles. The minimum absolute atomic E-state index is 0.00364. The molecule has 0 atom stereocenters. The summed E-state index contributed by atoms with van der Waals surface area (Å²) in [7, 11) is 0. The Labute approximate surface area is 111 Å². The molecule has 0 fully saturated rings. The van der Waals surface area contributed by atoms with Crippen LogP contribution in [0.5, 0.6) is 0 Å². The van der Waals surface area contributed by atoms with E-state index in [-0.39, 0.29) is 12.5 Å². The van der Waals surface area contributed by atoms with Crippen molar-refractivity contribution in [3.8, 4) is 0 Å². The largest absolute Gasteiger partial charge is 0.379 e. The lowest BCUT2D eigenvalue weighted by molar-refractivity contribution is -0.121. The predicted octanol–water partition coefficient (Wildman–Crippen LogP) is 1.47. The van der Waals surface area contributed by atoms with Gasteiger partial charge in [0.15, 0.2) is 0 Å². The van der Waals surface area contributed by atoms with Gasteiger partial charge in [-0.1, -0.05) is 25.2 Å². The van der Waals surface area contributed by atoms with Gasteiger partial charge in [0.1, 0.15) is 11.6 Å². The van der Waals surface area contributed by atoms with Crippen molar-refractivity contribution >= 4 is 22.4 Å². The molecule has 6 nitrogen and oxygen atoms in total. The second-order valence-corrected chi connectivity index (χ2v) is 5.38. The molecule has 0 aliphatic heterocycles. The molecule has 0 aliphatic carbocycles. The van der Waals surface area contributed by atoms with Crippen LogP contribution < -0.4 is 5.32 Å². The molecule has 0 aromatic carbocycles. The predicted molar refractivity (Wildman–Crippen MR) is 69.8 cm³/mol. The number of rotatable bonds is 8. The van der Waals surface area contributed by atoms with Crippen LogP contribution in [0.1, 0.15) is 18.9 Å². The lowest BCUT2D eigenvalue weighted by Gasteiger charge is -2.07. The molecule has 0 saturated heterocycles. The Balaban J connectivity index is 2.03. The summed E-state index contributed by atoms with van der Waals surface area (Å²) >= 11 is 1.33. The average molecular weight is 273 g/mol. The van der Waals surface area contributed by atoms with Crippen LogP contribution >= 0.6 is 11.3 Å². The van der Waals surface area contributed by atoms with E-state index in [2.05, 4.69) is 29.4 Å². The number of anilines is 1. The van der Waals surface area contributed by atoms with Crippen molar-refractivity contribution in [2.75, 3.05) is 31.7 Å². The number of ether oxygens (including phenoxy) is 2. The Bertz CT molecular complexity index is 368. The molecule has 1 N–H and O–H groups in total. The molecule has 0 spiro atoms. The van der Waals surface area contributed by atoms with Crippen molar-refractivity contribution in [1.29, 1.82) is 0 Å². The first-order valence-corrected chi connectivity index (χ1v) is 6.65. The van der Waals surface area contributed by atoms with E-state index in [1.54, 1.807) is 0 Å². The molecule has 0 radical (unpaired) electrons. The highest BCUT2D eigenvalue weighted by Gasteiger charge is 2.06. The second-order valence-electron chi connectivity index (χ2n) is 4.20. The fraction of sp³-hybridized carbons (Fsp3) is 0.727. The normalized spacial score (nSPS) is 10.9. The number of aromatic nitrogens is 2. The van der Waals surface area contributed by atoms with Crippen molar-refractivity contribution in [2.24, 2.45) is 5.92 Å².